The van der Waals surface area contributed by atoms with E-state index in [0.29, 0.717) is 5.56 Å². The van der Waals surface area contributed by atoms with Gasteiger partial charge in [0.1, 0.15) is 5.65 Å². The van der Waals surface area contributed by atoms with Gasteiger partial charge >= 0.3 is 0 Å². The fourth-order valence-electron chi connectivity index (χ4n) is 1.75. The smallest absolute Gasteiger partial charge is 0.248 e. The van der Waals surface area contributed by atoms with Crippen LogP contribution in [0.5, 0.6) is 0 Å². The number of carbonyl (C=O) groups excluding carboxylic acids is 1. The molecule has 0 unspecified atom stereocenters. The maximum atomic E-state index is 11.0. The standard InChI is InChI=1S/C10H8N4O/c11-9(15)5-1-2-8-6(3-5)7-4-12-14-10(7)13-8/h1-4H,(H2,11,15)(H2,12,13,14). The number of fused-ring (bicyclic) bond motifs is 3. The van der Waals surface area contributed by atoms with Crippen molar-refractivity contribution < 1.29 is 4.79 Å². The summed E-state index contributed by atoms with van der Waals surface area (Å²) in [6.07, 6.45) is 1.72. The van der Waals surface area contributed by atoms with E-state index in [2.05, 4.69) is 15.2 Å². The number of nitrogens with zero attached hydrogens (tertiary/aromatic N) is 1. The highest BCUT2D eigenvalue weighted by Crippen LogP contribution is 2.24. The van der Waals surface area contributed by atoms with Crippen LogP contribution in [0.15, 0.2) is 24.4 Å². The maximum absolute atomic E-state index is 11.0. The van der Waals surface area contributed by atoms with Crippen molar-refractivity contribution in [3.05, 3.63) is 30.0 Å². The van der Waals surface area contributed by atoms with Gasteiger partial charge in [-0.1, -0.05) is 0 Å². The Kier molecular flexibility index (Phi) is 1.39. The van der Waals surface area contributed by atoms with Crippen LogP contribution >= 0.6 is 0 Å². The summed E-state index contributed by atoms with van der Waals surface area (Å²) in [6.45, 7) is 0. The van der Waals surface area contributed by atoms with Crippen LogP contribution in [-0.4, -0.2) is 21.1 Å². The number of carbonyl (C=O) groups is 1. The molecule has 5 heteroatoms. The summed E-state index contributed by atoms with van der Waals surface area (Å²) in [5.41, 5.74) is 7.54. The maximum Gasteiger partial charge on any atom is 0.248 e. The number of hydrogen-bond acceptors (Lipinski definition) is 2. The van der Waals surface area contributed by atoms with Gasteiger partial charge in [-0.25, -0.2) is 0 Å². The van der Waals surface area contributed by atoms with Crippen molar-refractivity contribution in [2.45, 2.75) is 0 Å². The molecule has 0 radical (unpaired) electrons. The highest BCUT2D eigenvalue weighted by molar-refractivity contribution is 6.08. The third-order valence-corrected chi connectivity index (χ3v) is 2.49. The van der Waals surface area contributed by atoms with Crippen LogP contribution in [0.4, 0.5) is 0 Å². The number of rotatable bonds is 1. The molecule has 0 atom stereocenters. The molecule has 1 aromatic carbocycles. The third kappa shape index (κ3) is 1.03. The fraction of sp³-hybridized carbons (Fsp3) is 0. The van der Waals surface area contributed by atoms with Gasteiger partial charge in [-0.05, 0) is 18.2 Å². The molecule has 3 rings (SSSR count). The molecule has 15 heavy (non-hydrogen) atoms. The Morgan fingerprint density at radius 2 is 2.20 bits per heavy atom. The van der Waals surface area contributed by atoms with Gasteiger partial charge in [0.25, 0.3) is 0 Å². The van der Waals surface area contributed by atoms with E-state index in [1.165, 1.54) is 0 Å². The van der Waals surface area contributed by atoms with Crippen LogP contribution in [0, 0.1) is 0 Å². The highest BCUT2D eigenvalue weighted by atomic mass is 16.1. The summed E-state index contributed by atoms with van der Waals surface area (Å²) >= 11 is 0. The molecule has 0 saturated heterocycles. The molecule has 0 aliphatic rings. The molecule has 4 N–H and O–H groups in total. The average Bonchev–Trinajstić information content (AvgIpc) is 2.75. The minimum absolute atomic E-state index is 0.422. The quantitative estimate of drug-likeness (QED) is 0.550. The Balaban J connectivity index is 2.44. The van der Waals surface area contributed by atoms with E-state index < -0.39 is 5.91 Å². The Bertz CT molecular complexity index is 664. The minimum atomic E-state index is -0.422. The summed E-state index contributed by atoms with van der Waals surface area (Å²) in [5, 5.41) is 8.67. The molecule has 1 amide bonds. The van der Waals surface area contributed by atoms with Crippen molar-refractivity contribution in [2.24, 2.45) is 5.73 Å². The zero-order valence-electron chi connectivity index (χ0n) is 7.74. The molecule has 0 aliphatic carbocycles. The van der Waals surface area contributed by atoms with E-state index in [9.17, 15) is 4.79 Å². The molecule has 0 saturated carbocycles. The number of aromatic amines is 2. The molecule has 5 nitrogen and oxygen atoms in total. The van der Waals surface area contributed by atoms with E-state index >= 15 is 0 Å². The summed E-state index contributed by atoms with van der Waals surface area (Å²) in [6, 6.07) is 5.31. The molecule has 0 spiro atoms. The van der Waals surface area contributed by atoms with Gasteiger partial charge in [-0.2, -0.15) is 5.10 Å². The first-order valence-corrected chi connectivity index (χ1v) is 4.50. The summed E-state index contributed by atoms with van der Waals surface area (Å²) in [7, 11) is 0. The third-order valence-electron chi connectivity index (χ3n) is 2.49. The number of H-pyrrole nitrogens is 2. The Hall–Kier alpha value is -2.30. The number of nitrogens with one attached hydrogen (secondary N) is 2. The first-order valence-electron chi connectivity index (χ1n) is 4.50. The number of primary amides is 1. The van der Waals surface area contributed by atoms with Gasteiger partial charge in [0.05, 0.1) is 6.20 Å². The Morgan fingerprint density at radius 1 is 1.33 bits per heavy atom. The van der Waals surface area contributed by atoms with Crippen molar-refractivity contribution in [1.29, 1.82) is 0 Å². The number of hydrogen-bond donors (Lipinski definition) is 3. The minimum Gasteiger partial charge on any atom is -0.366 e. The zero-order chi connectivity index (χ0) is 10.4. The van der Waals surface area contributed by atoms with Crippen LogP contribution in [0.1, 0.15) is 10.4 Å². The number of benzene rings is 1. The monoisotopic (exact) mass is 200 g/mol. The predicted octanol–water partition coefficient (Wildman–Crippen LogP) is 1.14. The van der Waals surface area contributed by atoms with Crippen LogP contribution in [0.25, 0.3) is 21.9 Å². The molecular formula is C10H8N4O. The number of aromatic nitrogens is 3. The normalized spacial score (nSPS) is 11.2. The van der Waals surface area contributed by atoms with Crippen molar-refractivity contribution in [1.82, 2.24) is 15.2 Å². The van der Waals surface area contributed by atoms with Crippen molar-refractivity contribution in [3.8, 4) is 0 Å². The predicted molar refractivity (Wildman–Crippen MR) is 56.5 cm³/mol. The molecule has 2 aromatic heterocycles. The lowest BCUT2D eigenvalue weighted by Crippen LogP contribution is -2.10. The van der Waals surface area contributed by atoms with Crippen LogP contribution in [-0.2, 0) is 0 Å². The van der Waals surface area contributed by atoms with Crippen molar-refractivity contribution in [3.63, 3.8) is 0 Å². The topological polar surface area (TPSA) is 87.6 Å². The number of amides is 1. The summed E-state index contributed by atoms with van der Waals surface area (Å²) in [4.78, 5) is 14.2. The molecule has 74 valence electrons. The van der Waals surface area contributed by atoms with Crippen LogP contribution in [0.3, 0.4) is 0 Å². The van der Waals surface area contributed by atoms with Gasteiger partial charge < -0.3 is 10.7 Å². The SMILES string of the molecule is NC(=O)c1ccc2[nH]c3[nH]ncc3c2c1. The van der Waals surface area contributed by atoms with Gasteiger partial charge in [0.2, 0.25) is 5.91 Å². The van der Waals surface area contributed by atoms with Crippen LogP contribution < -0.4 is 5.73 Å². The second-order valence-electron chi connectivity index (χ2n) is 3.41. The van der Waals surface area contributed by atoms with Gasteiger partial charge in [-0.3, -0.25) is 9.89 Å². The van der Waals surface area contributed by atoms with Crippen molar-refractivity contribution >= 4 is 27.8 Å². The molecule has 2 heterocycles. The van der Waals surface area contributed by atoms with E-state index in [-0.39, 0.29) is 0 Å². The van der Waals surface area contributed by atoms with E-state index in [1.54, 1.807) is 18.3 Å². The average molecular weight is 200 g/mol. The lowest BCUT2D eigenvalue weighted by Gasteiger charge is -1.94. The van der Waals surface area contributed by atoms with E-state index in [4.69, 9.17) is 5.73 Å². The first-order chi connectivity index (χ1) is 7.25. The zero-order valence-corrected chi connectivity index (χ0v) is 7.74. The second kappa shape index (κ2) is 2.60. The molecule has 0 fully saturated rings. The van der Waals surface area contributed by atoms with Gasteiger partial charge in [0, 0.05) is 21.9 Å². The Morgan fingerprint density at radius 3 is 3.00 bits per heavy atom. The lowest BCUT2D eigenvalue weighted by molar-refractivity contribution is 0.100. The molecular weight excluding hydrogens is 192 g/mol. The second-order valence-corrected chi connectivity index (χ2v) is 3.41. The van der Waals surface area contributed by atoms with Gasteiger partial charge in [-0.15, -0.1) is 0 Å². The van der Waals surface area contributed by atoms with E-state index in [0.717, 1.165) is 21.9 Å². The molecule has 0 bridgehead atoms. The lowest BCUT2D eigenvalue weighted by atomic mass is 10.1. The summed E-state index contributed by atoms with van der Waals surface area (Å²) < 4.78 is 0. The van der Waals surface area contributed by atoms with Crippen LogP contribution in [0.2, 0.25) is 0 Å². The van der Waals surface area contributed by atoms with E-state index in [1.807, 2.05) is 6.07 Å². The Labute approximate surface area is 84.3 Å². The van der Waals surface area contributed by atoms with Gasteiger partial charge in [0.15, 0.2) is 0 Å². The highest BCUT2D eigenvalue weighted by Gasteiger charge is 2.08. The first kappa shape index (κ1) is 8.05. The number of nitrogens with two attached hydrogens (primary N) is 1. The largest absolute Gasteiger partial charge is 0.366 e. The molecule has 0 aliphatic heterocycles. The van der Waals surface area contributed by atoms with Crippen molar-refractivity contribution in [2.75, 3.05) is 0 Å². The summed E-state index contributed by atoms with van der Waals surface area (Å²) in [5.74, 6) is -0.422. The fourth-order valence-corrected chi connectivity index (χ4v) is 1.75. The molecule has 3 aromatic rings.